The molecule has 5 heteroatoms. The van der Waals surface area contributed by atoms with Crippen molar-refractivity contribution in [2.24, 2.45) is 5.92 Å². The fourth-order valence-electron chi connectivity index (χ4n) is 4.26. The third kappa shape index (κ3) is 5.49. The highest BCUT2D eigenvalue weighted by atomic mass is 16.2. The standard InChI is InChI=1S/C23H35N3O2/c1-19-11-16-24(17-12-19)21-7-9-22(10-8-21)26(20(2)27)18-13-23(28)25-14-5-3-4-6-15-25/h7-10,19H,3-6,11-18H2,1-2H3. The van der Waals surface area contributed by atoms with E-state index in [0.29, 0.717) is 13.0 Å². The van der Waals surface area contributed by atoms with Crippen LogP contribution >= 0.6 is 0 Å². The summed E-state index contributed by atoms with van der Waals surface area (Å²) in [6, 6.07) is 8.26. The summed E-state index contributed by atoms with van der Waals surface area (Å²) in [5.41, 5.74) is 2.10. The zero-order valence-electron chi connectivity index (χ0n) is 17.5. The van der Waals surface area contributed by atoms with Gasteiger partial charge >= 0.3 is 0 Å². The number of piperidine rings is 1. The number of rotatable bonds is 5. The van der Waals surface area contributed by atoms with E-state index in [2.05, 4.69) is 24.0 Å². The van der Waals surface area contributed by atoms with Crippen LogP contribution in [0.1, 0.15) is 58.8 Å². The summed E-state index contributed by atoms with van der Waals surface area (Å²) in [5.74, 6) is 0.973. The molecule has 1 aromatic carbocycles. The lowest BCUT2D eigenvalue weighted by atomic mass is 9.99. The Morgan fingerprint density at radius 1 is 0.964 bits per heavy atom. The Kier molecular flexibility index (Phi) is 7.35. The van der Waals surface area contributed by atoms with Crippen LogP contribution in [0.3, 0.4) is 0 Å². The first kappa shape index (κ1) is 20.7. The van der Waals surface area contributed by atoms with Crippen LogP contribution in [-0.2, 0) is 9.59 Å². The molecule has 0 aromatic heterocycles. The van der Waals surface area contributed by atoms with Crippen LogP contribution < -0.4 is 9.80 Å². The Hall–Kier alpha value is -2.04. The molecular formula is C23H35N3O2. The second kappa shape index (κ2) is 9.94. The van der Waals surface area contributed by atoms with Crippen molar-refractivity contribution in [2.45, 2.75) is 58.8 Å². The zero-order valence-corrected chi connectivity index (χ0v) is 17.5. The lowest BCUT2D eigenvalue weighted by Gasteiger charge is -2.32. The van der Waals surface area contributed by atoms with Crippen molar-refractivity contribution in [3.05, 3.63) is 24.3 Å². The van der Waals surface area contributed by atoms with Crippen LogP contribution in [0.5, 0.6) is 0 Å². The van der Waals surface area contributed by atoms with Crippen molar-refractivity contribution in [1.29, 1.82) is 0 Å². The van der Waals surface area contributed by atoms with E-state index in [1.807, 2.05) is 17.0 Å². The predicted molar refractivity (Wildman–Crippen MR) is 115 cm³/mol. The van der Waals surface area contributed by atoms with E-state index >= 15 is 0 Å². The molecule has 2 amide bonds. The largest absolute Gasteiger partial charge is 0.372 e. The molecule has 5 nitrogen and oxygen atoms in total. The molecule has 0 bridgehead atoms. The zero-order chi connectivity index (χ0) is 19.9. The number of hydrogen-bond acceptors (Lipinski definition) is 3. The smallest absolute Gasteiger partial charge is 0.224 e. The molecule has 0 unspecified atom stereocenters. The van der Waals surface area contributed by atoms with Crippen LogP contribution in [0.15, 0.2) is 24.3 Å². The normalized spacial score (nSPS) is 18.6. The number of anilines is 2. The number of carbonyl (C=O) groups excluding carboxylic acids is 2. The molecule has 0 radical (unpaired) electrons. The molecule has 2 saturated heterocycles. The molecule has 28 heavy (non-hydrogen) atoms. The molecule has 1 aromatic rings. The van der Waals surface area contributed by atoms with Gasteiger partial charge in [0.15, 0.2) is 0 Å². The second-order valence-electron chi connectivity index (χ2n) is 8.40. The van der Waals surface area contributed by atoms with Gasteiger partial charge in [0.05, 0.1) is 0 Å². The summed E-state index contributed by atoms with van der Waals surface area (Å²) >= 11 is 0. The quantitative estimate of drug-likeness (QED) is 0.767. The van der Waals surface area contributed by atoms with E-state index < -0.39 is 0 Å². The molecule has 2 aliphatic heterocycles. The van der Waals surface area contributed by atoms with Crippen LogP contribution in [-0.4, -0.2) is 49.4 Å². The van der Waals surface area contributed by atoms with Crippen molar-refractivity contribution in [1.82, 2.24) is 4.90 Å². The Morgan fingerprint density at radius 3 is 2.14 bits per heavy atom. The van der Waals surface area contributed by atoms with Gasteiger partial charge in [0.25, 0.3) is 0 Å². The third-order valence-corrected chi connectivity index (χ3v) is 6.20. The van der Waals surface area contributed by atoms with Crippen molar-refractivity contribution in [3.8, 4) is 0 Å². The fourth-order valence-corrected chi connectivity index (χ4v) is 4.26. The van der Waals surface area contributed by atoms with Gasteiger partial charge in [-0.25, -0.2) is 0 Å². The van der Waals surface area contributed by atoms with E-state index in [0.717, 1.165) is 50.6 Å². The third-order valence-electron chi connectivity index (χ3n) is 6.20. The van der Waals surface area contributed by atoms with E-state index in [9.17, 15) is 9.59 Å². The maximum absolute atomic E-state index is 12.6. The van der Waals surface area contributed by atoms with Gasteiger partial charge in [0, 0.05) is 57.4 Å². The maximum atomic E-state index is 12.6. The lowest BCUT2D eigenvalue weighted by molar-refractivity contribution is -0.131. The molecule has 154 valence electrons. The maximum Gasteiger partial charge on any atom is 0.224 e. The van der Waals surface area contributed by atoms with Gasteiger partial charge in [-0.15, -0.1) is 0 Å². The first-order valence-corrected chi connectivity index (χ1v) is 11.0. The SMILES string of the molecule is CC(=O)N(CCC(=O)N1CCCCCC1)c1ccc(N2CCC(C)CC2)cc1. The highest BCUT2D eigenvalue weighted by molar-refractivity contribution is 5.92. The molecule has 2 fully saturated rings. The van der Waals surface area contributed by atoms with Crippen LogP contribution in [0.4, 0.5) is 11.4 Å². The van der Waals surface area contributed by atoms with Gasteiger partial charge in [0.1, 0.15) is 0 Å². The van der Waals surface area contributed by atoms with Gasteiger partial charge in [-0.2, -0.15) is 0 Å². The molecule has 2 aliphatic rings. The number of benzene rings is 1. The average Bonchev–Trinajstić information content (AvgIpc) is 2.98. The van der Waals surface area contributed by atoms with Gasteiger partial charge in [-0.05, 0) is 55.9 Å². The Morgan fingerprint density at radius 2 is 1.57 bits per heavy atom. The van der Waals surface area contributed by atoms with Gasteiger partial charge < -0.3 is 14.7 Å². The highest BCUT2D eigenvalue weighted by Crippen LogP contribution is 2.26. The molecule has 0 aliphatic carbocycles. The predicted octanol–water partition coefficient (Wildman–Crippen LogP) is 4.07. The molecular weight excluding hydrogens is 350 g/mol. The van der Waals surface area contributed by atoms with Crippen LogP contribution in [0, 0.1) is 5.92 Å². The summed E-state index contributed by atoms with van der Waals surface area (Å²) in [6.45, 7) is 8.27. The van der Waals surface area contributed by atoms with Crippen molar-refractivity contribution in [3.63, 3.8) is 0 Å². The lowest BCUT2D eigenvalue weighted by Crippen LogP contribution is -2.37. The van der Waals surface area contributed by atoms with Crippen LogP contribution in [0.25, 0.3) is 0 Å². The van der Waals surface area contributed by atoms with Crippen molar-refractivity contribution in [2.75, 3.05) is 42.5 Å². The number of amides is 2. The molecule has 3 rings (SSSR count). The van der Waals surface area contributed by atoms with Gasteiger partial charge in [-0.3, -0.25) is 9.59 Å². The first-order valence-electron chi connectivity index (χ1n) is 11.0. The van der Waals surface area contributed by atoms with E-state index in [4.69, 9.17) is 0 Å². The van der Waals surface area contributed by atoms with Crippen molar-refractivity contribution >= 4 is 23.2 Å². The molecule has 0 saturated carbocycles. The summed E-state index contributed by atoms with van der Waals surface area (Å²) in [6.07, 6.45) is 7.49. The van der Waals surface area contributed by atoms with E-state index in [1.165, 1.54) is 31.4 Å². The van der Waals surface area contributed by atoms with Crippen molar-refractivity contribution < 1.29 is 9.59 Å². The minimum atomic E-state index is -0.0109. The van der Waals surface area contributed by atoms with Crippen LogP contribution in [0.2, 0.25) is 0 Å². The number of nitrogens with zero attached hydrogens (tertiary/aromatic N) is 3. The van der Waals surface area contributed by atoms with E-state index in [1.54, 1.807) is 11.8 Å². The number of hydrogen-bond donors (Lipinski definition) is 0. The fraction of sp³-hybridized carbons (Fsp3) is 0.652. The molecule has 0 spiro atoms. The molecule has 0 atom stereocenters. The number of likely N-dealkylation sites (tertiary alicyclic amines) is 1. The molecule has 2 heterocycles. The average molecular weight is 386 g/mol. The topological polar surface area (TPSA) is 43.9 Å². The summed E-state index contributed by atoms with van der Waals surface area (Å²) < 4.78 is 0. The number of carbonyl (C=O) groups is 2. The minimum Gasteiger partial charge on any atom is -0.372 e. The Labute approximate surface area is 169 Å². The van der Waals surface area contributed by atoms with Gasteiger partial charge in [0.2, 0.25) is 11.8 Å². The summed E-state index contributed by atoms with van der Waals surface area (Å²) in [7, 11) is 0. The highest BCUT2D eigenvalue weighted by Gasteiger charge is 2.20. The van der Waals surface area contributed by atoms with Gasteiger partial charge in [-0.1, -0.05) is 19.8 Å². The second-order valence-corrected chi connectivity index (χ2v) is 8.40. The Bertz CT molecular complexity index is 642. The Balaban J connectivity index is 1.58. The summed E-state index contributed by atoms with van der Waals surface area (Å²) in [5, 5.41) is 0. The first-order chi connectivity index (χ1) is 13.5. The van der Waals surface area contributed by atoms with E-state index in [-0.39, 0.29) is 11.8 Å². The molecule has 0 N–H and O–H groups in total. The minimum absolute atomic E-state index is 0.0109. The monoisotopic (exact) mass is 385 g/mol. The summed E-state index contributed by atoms with van der Waals surface area (Å²) in [4.78, 5) is 30.9.